The van der Waals surface area contributed by atoms with Gasteiger partial charge in [0.2, 0.25) is 0 Å². The van der Waals surface area contributed by atoms with Gasteiger partial charge in [-0.3, -0.25) is 4.98 Å². The number of pyridine rings is 1. The quantitative estimate of drug-likeness (QED) is 0.796. The van der Waals surface area contributed by atoms with E-state index in [4.69, 9.17) is 16.7 Å². The van der Waals surface area contributed by atoms with Gasteiger partial charge in [-0.2, -0.15) is 0 Å². The number of aryl methyl sites for hydroxylation is 1. The minimum Gasteiger partial charge on any atom is -0.392 e. The second-order valence-electron chi connectivity index (χ2n) is 2.86. The molecule has 0 saturated carbocycles. The summed E-state index contributed by atoms with van der Waals surface area (Å²) in [5.74, 6) is 0.150. The zero-order valence-corrected chi connectivity index (χ0v) is 8.35. The van der Waals surface area contributed by atoms with Gasteiger partial charge in [0.1, 0.15) is 0 Å². The van der Waals surface area contributed by atoms with Gasteiger partial charge in [0.25, 0.3) is 6.43 Å². The van der Waals surface area contributed by atoms with Crippen LogP contribution in [0.4, 0.5) is 8.78 Å². The lowest BCUT2D eigenvalue weighted by Gasteiger charge is -2.10. The average molecular weight is 222 g/mol. The van der Waals surface area contributed by atoms with Gasteiger partial charge in [-0.05, 0) is 18.6 Å². The summed E-state index contributed by atoms with van der Waals surface area (Å²) in [6.07, 6.45) is -2.62. The second kappa shape index (κ2) is 4.66. The van der Waals surface area contributed by atoms with Crippen molar-refractivity contribution in [3.63, 3.8) is 0 Å². The highest BCUT2D eigenvalue weighted by molar-refractivity contribution is 6.16. The number of hydrogen-bond acceptors (Lipinski definition) is 2. The summed E-state index contributed by atoms with van der Waals surface area (Å²) in [7, 11) is 0. The Labute approximate surface area is 85.5 Å². The second-order valence-corrected chi connectivity index (χ2v) is 3.13. The molecular formula is C9H10ClF2NO. The zero-order chi connectivity index (χ0) is 10.7. The molecule has 0 aliphatic heterocycles. The maximum Gasteiger partial charge on any atom is 0.265 e. The van der Waals surface area contributed by atoms with Crippen LogP contribution in [0.1, 0.15) is 28.9 Å². The van der Waals surface area contributed by atoms with E-state index in [0.29, 0.717) is 5.69 Å². The molecule has 0 radical (unpaired) electrons. The largest absolute Gasteiger partial charge is 0.392 e. The minimum absolute atomic E-state index is 0.150. The minimum atomic E-state index is -2.62. The molecule has 0 aliphatic carbocycles. The van der Waals surface area contributed by atoms with Gasteiger partial charge in [0, 0.05) is 11.3 Å². The van der Waals surface area contributed by atoms with E-state index in [2.05, 4.69) is 4.98 Å². The average Bonchev–Trinajstić information content (AvgIpc) is 2.15. The van der Waals surface area contributed by atoms with Crippen molar-refractivity contribution in [3.8, 4) is 0 Å². The number of halogens is 3. The molecule has 0 aromatic carbocycles. The van der Waals surface area contributed by atoms with Gasteiger partial charge in [0.15, 0.2) is 0 Å². The maximum absolute atomic E-state index is 12.5. The molecule has 1 rings (SSSR count). The van der Waals surface area contributed by atoms with E-state index in [-0.39, 0.29) is 22.7 Å². The maximum atomic E-state index is 12.5. The zero-order valence-electron chi connectivity index (χ0n) is 7.60. The van der Waals surface area contributed by atoms with Gasteiger partial charge in [-0.15, -0.1) is 11.6 Å². The van der Waals surface area contributed by atoms with Crippen LogP contribution in [0.2, 0.25) is 0 Å². The van der Waals surface area contributed by atoms with Crippen molar-refractivity contribution in [2.24, 2.45) is 0 Å². The van der Waals surface area contributed by atoms with Gasteiger partial charge in [-0.1, -0.05) is 0 Å². The van der Waals surface area contributed by atoms with Crippen molar-refractivity contribution in [2.75, 3.05) is 0 Å². The van der Waals surface area contributed by atoms with E-state index in [1.807, 2.05) is 0 Å². The Morgan fingerprint density at radius 1 is 1.57 bits per heavy atom. The molecule has 1 aromatic rings. The first-order chi connectivity index (χ1) is 6.60. The van der Waals surface area contributed by atoms with Crippen molar-refractivity contribution in [2.45, 2.75) is 25.8 Å². The molecular weight excluding hydrogens is 212 g/mol. The van der Waals surface area contributed by atoms with Crippen LogP contribution in [0.3, 0.4) is 0 Å². The number of nitrogens with zero attached hydrogens (tertiary/aromatic N) is 1. The van der Waals surface area contributed by atoms with Crippen LogP contribution in [-0.4, -0.2) is 10.1 Å². The van der Waals surface area contributed by atoms with Crippen LogP contribution in [0.5, 0.6) is 0 Å². The van der Waals surface area contributed by atoms with Crippen LogP contribution in [-0.2, 0) is 12.5 Å². The molecule has 0 aliphatic rings. The van der Waals surface area contributed by atoms with Gasteiger partial charge < -0.3 is 5.11 Å². The molecule has 0 unspecified atom stereocenters. The molecule has 1 N–H and O–H groups in total. The summed E-state index contributed by atoms with van der Waals surface area (Å²) in [6.45, 7) is 1.06. The monoisotopic (exact) mass is 221 g/mol. The van der Waals surface area contributed by atoms with E-state index in [0.717, 1.165) is 0 Å². The van der Waals surface area contributed by atoms with Crippen LogP contribution in [0.15, 0.2) is 6.07 Å². The standard InChI is InChI=1S/C9H10ClF2NO/c1-5-8(9(11)12)6(4-14)2-7(3-10)13-5/h2,9,14H,3-4H2,1H3. The van der Waals surface area contributed by atoms with Crippen molar-refractivity contribution in [3.05, 3.63) is 28.6 Å². The summed E-state index contributed by atoms with van der Waals surface area (Å²) in [6, 6.07) is 1.40. The highest BCUT2D eigenvalue weighted by Gasteiger charge is 2.17. The van der Waals surface area contributed by atoms with Gasteiger partial charge in [0.05, 0.1) is 18.2 Å². The van der Waals surface area contributed by atoms with Crippen LogP contribution in [0, 0.1) is 6.92 Å². The molecule has 0 fully saturated rings. The Balaban J connectivity index is 3.27. The Kier molecular flexibility index (Phi) is 3.77. The Morgan fingerprint density at radius 3 is 2.64 bits per heavy atom. The van der Waals surface area contributed by atoms with E-state index in [1.54, 1.807) is 0 Å². The number of aromatic nitrogens is 1. The third-order valence-electron chi connectivity index (χ3n) is 1.91. The smallest absolute Gasteiger partial charge is 0.265 e. The molecule has 0 amide bonds. The summed E-state index contributed by atoms with van der Waals surface area (Å²) >= 11 is 5.53. The topological polar surface area (TPSA) is 33.1 Å². The molecule has 0 spiro atoms. The highest BCUT2D eigenvalue weighted by Crippen LogP contribution is 2.26. The van der Waals surface area contributed by atoms with Crippen LogP contribution in [0.25, 0.3) is 0 Å². The summed E-state index contributed by atoms with van der Waals surface area (Å²) in [4.78, 5) is 3.90. The SMILES string of the molecule is Cc1nc(CCl)cc(CO)c1C(F)F. The predicted molar refractivity (Wildman–Crippen MR) is 49.4 cm³/mol. The lowest BCUT2D eigenvalue weighted by molar-refractivity contribution is 0.145. The first kappa shape index (κ1) is 11.3. The van der Waals surface area contributed by atoms with Crippen LogP contribution < -0.4 is 0 Å². The first-order valence-corrected chi connectivity index (χ1v) is 4.57. The van der Waals surface area contributed by atoms with Crippen molar-refractivity contribution in [1.29, 1.82) is 0 Å². The molecule has 1 heterocycles. The summed E-state index contributed by atoms with van der Waals surface area (Å²) in [5, 5.41) is 8.91. The molecule has 1 aromatic heterocycles. The summed E-state index contributed by atoms with van der Waals surface area (Å²) < 4.78 is 25.1. The molecule has 14 heavy (non-hydrogen) atoms. The first-order valence-electron chi connectivity index (χ1n) is 4.04. The molecule has 0 saturated heterocycles. The van der Waals surface area contributed by atoms with Crippen LogP contribution >= 0.6 is 11.6 Å². The van der Waals surface area contributed by atoms with E-state index in [9.17, 15) is 8.78 Å². The number of rotatable bonds is 3. The Hall–Kier alpha value is -0.740. The predicted octanol–water partition coefficient (Wildman–Crippen LogP) is 2.56. The molecule has 0 bridgehead atoms. The fourth-order valence-corrected chi connectivity index (χ4v) is 1.45. The van der Waals surface area contributed by atoms with E-state index < -0.39 is 13.0 Å². The molecule has 78 valence electrons. The Bertz CT molecular complexity index is 331. The summed E-state index contributed by atoms with van der Waals surface area (Å²) in [5.41, 5.74) is 0.726. The van der Waals surface area contributed by atoms with Crippen molar-refractivity contribution < 1.29 is 13.9 Å². The van der Waals surface area contributed by atoms with E-state index in [1.165, 1.54) is 13.0 Å². The third kappa shape index (κ3) is 2.19. The molecule has 5 heteroatoms. The number of hydrogen-bond donors (Lipinski definition) is 1. The van der Waals surface area contributed by atoms with Gasteiger partial charge in [-0.25, -0.2) is 8.78 Å². The molecule has 0 atom stereocenters. The number of aliphatic hydroxyl groups is 1. The third-order valence-corrected chi connectivity index (χ3v) is 2.19. The lowest BCUT2D eigenvalue weighted by atomic mass is 10.1. The highest BCUT2D eigenvalue weighted by atomic mass is 35.5. The normalized spacial score (nSPS) is 11.0. The fourth-order valence-electron chi connectivity index (χ4n) is 1.32. The Morgan fingerprint density at radius 2 is 2.21 bits per heavy atom. The fraction of sp³-hybridized carbons (Fsp3) is 0.444. The molecule has 2 nitrogen and oxygen atoms in total. The van der Waals surface area contributed by atoms with Crippen molar-refractivity contribution in [1.82, 2.24) is 4.98 Å². The lowest BCUT2D eigenvalue weighted by Crippen LogP contribution is -2.03. The number of alkyl halides is 3. The van der Waals surface area contributed by atoms with Crippen molar-refractivity contribution >= 4 is 11.6 Å². The van der Waals surface area contributed by atoms with Gasteiger partial charge >= 0.3 is 0 Å². The van der Waals surface area contributed by atoms with E-state index >= 15 is 0 Å². The number of aliphatic hydroxyl groups excluding tert-OH is 1.